The average molecular weight is 461 g/mol. The van der Waals surface area contributed by atoms with Crippen LogP contribution >= 0.6 is 11.6 Å². The summed E-state index contributed by atoms with van der Waals surface area (Å²) in [6.45, 7) is 5.75. The first kappa shape index (κ1) is 21.4. The molecule has 1 aromatic heterocycles. The molecule has 4 heterocycles. The van der Waals surface area contributed by atoms with Crippen molar-refractivity contribution >= 4 is 23.4 Å². The molecule has 0 bridgehead atoms. The van der Waals surface area contributed by atoms with Crippen LogP contribution in [0.4, 0.5) is 15.0 Å². The number of carbonyl (C=O) groups is 1. The number of rotatable bonds is 4. The summed E-state index contributed by atoms with van der Waals surface area (Å²) in [6, 6.07) is 7.40. The summed E-state index contributed by atoms with van der Waals surface area (Å²) in [5.74, 6) is 0.607. The molecule has 2 N–H and O–H groups in total. The first-order chi connectivity index (χ1) is 15.4. The zero-order valence-electron chi connectivity index (χ0n) is 17.9. The van der Waals surface area contributed by atoms with Crippen molar-refractivity contribution in [2.45, 2.75) is 31.7 Å². The Morgan fingerprint density at radius 1 is 1.25 bits per heavy atom. The van der Waals surface area contributed by atoms with Gasteiger partial charge in [-0.15, -0.1) is 0 Å². The van der Waals surface area contributed by atoms with Crippen molar-refractivity contribution in [1.29, 1.82) is 0 Å². The standard InChI is InChI=1S/C22H26ClFN6O2/c1-14(15-3-2-4-16(9-15)22(24)12-25-13-22)26-19-17-10-30(11-18(17)27-20(23)28-19)21(31)29-5-7-32-8-6-29/h2-4,9,14,25H,5-8,10-13H2,1H3,(H,26,27,28). The summed E-state index contributed by atoms with van der Waals surface area (Å²) in [6.07, 6.45) is 0. The molecule has 3 aliphatic rings. The van der Waals surface area contributed by atoms with E-state index >= 15 is 0 Å². The van der Waals surface area contributed by atoms with Crippen molar-refractivity contribution in [2.75, 3.05) is 44.7 Å². The predicted octanol–water partition coefficient (Wildman–Crippen LogP) is 2.84. The Labute approximate surface area is 191 Å². The predicted molar refractivity (Wildman–Crippen MR) is 118 cm³/mol. The van der Waals surface area contributed by atoms with Crippen molar-refractivity contribution in [3.8, 4) is 0 Å². The molecule has 0 spiro atoms. The smallest absolute Gasteiger partial charge is 0.320 e. The highest BCUT2D eigenvalue weighted by Crippen LogP contribution is 2.34. The van der Waals surface area contributed by atoms with Gasteiger partial charge >= 0.3 is 6.03 Å². The van der Waals surface area contributed by atoms with Gasteiger partial charge in [0.15, 0.2) is 5.67 Å². The first-order valence-corrected chi connectivity index (χ1v) is 11.2. The molecule has 0 radical (unpaired) electrons. The van der Waals surface area contributed by atoms with Crippen LogP contribution in [-0.2, 0) is 23.5 Å². The van der Waals surface area contributed by atoms with E-state index in [4.69, 9.17) is 16.3 Å². The lowest BCUT2D eigenvalue weighted by Crippen LogP contribution is -2.53. The van der Waals surface area contributed by atoms with Gasteiger partial charge < -0.3 is 25.2 Å². The number of hydrogen-bond donors (Lipinski definition) is 2. The second-order valence-corrected chi connectivity index (χ2v) is 8.90. The number of alkyl halides is 1. The van der Waals surface area contributed by atoms with E-state index in [0.29, 0.717) is 63.9 Å². The lowest BCUT2D eigenvalue weighted by Gasteiger charge is -2.35. The molecule has 1 unspecified atom stereocenters. The Morgan fingerprint density at radius 3 is 2.75 bits per heavy atom. The molecule has 32 heavy (non-hydrogen) atoms. The van der Waals surface area contributed by atoms with Gasteiger partial charge in [-0.05, 0) is 29.7 Å². The van der Waals surface area contributed by atoms with Gasteiger partial charge in [-0.3, -0.25) is 0 Å². The number of fused-ring (bicyclic) bond motifs is 1. The molecule has 10 heteroatoms. The van der Waals surface area contributed by atoms with E-state index < -0.39 is 5.67 Å². The lowest BCUT2D eigenvalue weighted by atomic mass is 9.88. The van der Waals surface area contributed by atoms with E-state index in [2.05, 4.69) is 20.6 Å². The maximum absolute atomic E-state index is 14.8. The fourth-order valence-electron chi connectivity index (χ4n) is 4.36. The number of urea groups is 1. The minimum atomic E-state index is -1.31. The van der Waals surface area contributed by atoms with E-state index in [0.717, 1.165) is 16.8 Å². The number of carbonyl (C=O) groups excluding carboxylic acids is 1. The molecule has 8 nitrogen and oxygen atoms in total. The largest absolute Gasteiger partial charge is 0.378 e. The summed E-state index contributed by atoms with van der Waals surface area (Å²) in [5, 5.41) is 6.54. The molecule has 2 amide bonds. The molecule has 2 fully saturated rings. The average Bonchev–Trinajstić information content (AvgIpc) is 3.21. The maximum atomic E-state index is 14.8. The van der Waals surface area contributed by atoms with E-state index in [9.17, 15) is 9.18 Å². The van der Waals surface area contributed by atoms with E-state index in [1.165, 1.54) is 0 Å². The molecule has 1 aromatic carbocycles. The SMILES string of the molecule is CC(Nc1nc(Cl)nc2c1CN(C(=O)N1CCOCC1)C2)c1cccc(C2(F)CNC2)c1. The third kappa shape index (κ3) is 4.00. The first-order valence-electron chi connectivity index (χ1n) is 10.9. The number of morpholine rings is 1. The summed E-state index contributed by atoms with van der Waals surface area (Å²) < 4.78 is 20.2. The lowest BCUT2D eigenvalue weighted by molar-refractivity contribution is 0.0429. The Hall–Kier alpha value is -2.49. The third-order valence-corrected chi connectivity index (χ3v) is 6.54. The van der Waals surface area contributed by atoms with Crippen molar-refractivity contribution in [1.82, 2.24) is 25.1 Å². The van der Waals surface area contributed by atoms with Crippen molar-refractivity contribution in [3.63, 3.8) is 0 Å². The molecular formula is C22H26ClFN6O2. The van der Waals surface area contributed by atoms with Gasteiger partial charge in [0, 0.05) is 37.8 Å². The van der Waals surface area contributed by atoms with E-state index in [1.807, 2.05) is 31.2 Å². The number of benzene rings is 1. The molecule has 2 saturated heterocycles. The van der Waals surface area contributed by atoms with Crippen LogP contribution in [0.1, 0.15) is 35.3 Å². The summed E-state index contributed by atoms with van der Waals surface area (Å²) in [7, 11) is 0. The highest BCUT2D eigenvalue weighted by molar-refractivity contribution is 6.28. The van der Waals surface area contributed by atoms with Crippen LogP contribution < -0.4 is 10.6 Å². The zero-order valence-corrected chi connectivity index (χ0v) is 18.7. The van der Waals surface area contributed by atoms with E-state index in [1.54, 1.807) is 9.80 Å². The molecule has 0 aliphatic carbocycles. The number of hydrogen-bond acceptors (Lipinski definition) is 6. The minimum Gasteiger partial charge on any atom is -0.378 e. The van der Waals surface area contributed by atoms with Crippen LogP contribution in [-0.4, -0.2) is 65.2 Å². The highest BCUT2D eigenvalue weighted by atomic mass is 35.5. The molecule has 1 atom stereocenters. The second-order valence-electron chi connectivity index (χ2n) is 8.56. The van der Waals surface area contributed by atoms with Gasteiger partial charge in [0.2, 0.25) is 5.28 Å². The normalized spacial score (nSPS) is 20.5. The topological polar surface area (TPSA) is 82.6 Å². The van der Waals surface area contributed by atoms with E-state index in [-0.39, 0.29) is 17.4 Å². The van der Waals surface area contributed by atoms with Gasteiger partial charge in [0.25, 0.3) is 0 Å². The van der Waals surface area contributed by atoms with Gasteiger partial charge in [-0.25, -0.2) is 19.2 Å². The number of aromatic nitrogens is 2. The highest BCUT2D eigenvalue weighted by Gasteiger charge is 2.39. The van der Waals surface area contributed by atoms with Crippen LogP contribution in [0.15, 0.2) is 24.3 Å². The number of amides is 2. The maximum Gasteiger partial charge on any atom is 0.320 e. The number of anilines is 1. The molecule has 3 aliphatic heterocycles. The van der Waals surface area contributed by atoms with Crippen LogP contribution in [0.5, 0.6) is 0 Å². The summed E-state index contributed by atoms with van der Waals surface area (Å²) >= 11 is 6.20. The molecule has 5 rings (SSSR count). The van der Waals surface area contributed by atoms with Gasteiger partial charge in [-0.2, -0.15) is 0 Å². The van der Waals surface area contributed by atoms with Gasteiger partial charge in [0.05, 0.1) is 32.0 Å². The monoisotopic (exact) mass is 460 g/mol. The van der Waals surface area contributed by atoms with Gasteiger partial charge in [0.1, 0.15) is 5.82 Å². The Bertz CT molecular complexity index is 1030. The van der Waals surface area contributed by atoms with Crippen LogP contribution in [0.2, 0.25) is 5.28 Å². The quantitative estimate of drug-likeness (QED) is 0.683. The van der Waals surface area contributed by atoms with Crippen molar-refractivity contribution < 1.29 is 13.9 Å². The molecule has 2 aromatic rings. The minimum absolute atomic E-state index is 0.0310. The summed E-state index contributed by atoms with van der Waals surface area (Å²) in [5.41, 5.74) is 1.93. The number of nitrogens with zero attached hydrogens (tertiary/aromatic N) is 4. The fraction of sp³-hybridized carbons (Fsp3) is 0.500. The van der Waals surface area contributed by atoms with Crippen molar-refractivity contribution in [3.05, 3.63) is 51.9 Å². The number of ether oxygens (including phenoxy) is 1. The van der Waals surface area contributed by atoms with Crippen LogP contribution in [0.3, 0.4) is 0 Å². The second kappa shape index (κ2) is 8.46. The fourth-order valence-corrected chi connectivity index (χ4v) is 4.54. The van der Waals surface area contributed by atoms with Crippen molar-refractivity contribution in [2.24, 2.45) is 0 Å². The van der Waals surface area contributed by atoms with Gasteiger partial charge in [-0.1, -0.05) is 24.3 Å². The van der Waals surface area contributed by atoms with Crippen LogP contribution in [0, 0.1) is 0 Å². The third-order valence-electron chi connectivity index (χ3n) is 6.37. The zero-order chi connectivity index (χ0) is 22.3. The number of halogens is 2. The Kier molecular flexibility index (Phi) is 5.65. The molecule has 170 valence electrons. The molecule has 0 saturated carbocycles. The Morgan fingerprint density at radius 2 is 2.03 bits per heavy atom. The molecular weight excluding hydrogens is 435 g/mol. The Balaban J connectivity index is 1.34. The number of nitrogens with one attached hydrogen (secondary N) is 2. The van der Waals surface area contributed by atoms with Crippen LogP contribution in [0.25, 0.3) is 0 Å². The summed E-state index contributed by atoms with van der Waals surface area (Å²) in [4.78, 5) is 25.2.